The minimum absolute atomic E-state index is 0.415. The highest BCUT2D eigenvalue weighted by atomic mass is 14.5. The van der Waals surface area contributed by atoms with E-state index in [9.17, 15) is 0 Å². The predicted molar refractivity (Wildman–Crippen MR) is 187 cm³/mol. The minimum atomic E-state index is -0.415. The van der Waals surface area contributed by atoms with Crippen molar-refractivity contribution in [1.82, 2.24) is 0 Å². The molecule has 0 radical (unpaired) electrons. The van der Waals surface area contributed by atoms with E-state index in [-0.39, 0.29) is 0 Å². The van der Waals surface area contributed by atoms with Gasteiger partial charge in [0.1, 0.15) is 0 Å². The number of hydrogen-bond donors (Lipinski definition) is 0. The maximum atomic E-state index is 2.58. The van der Waals surface area contributed by atoms with Gasteiger partial charge in [0.05, 0.1) is 5.41 Å². The molecule has 0 fully saturated rings. The molecule has 0 saturated carbocycles. The number of rotatable bonds is 0. The maximum Gasteiger partial charge on any atom is 0.0664 e. The zero-order valence-electron chi connectivity index (χ0n) is 28.1. The van der Waals surface area contributed by atoms with Crippen molar-refractivity contribution in [3.63, 3.8) is 0 Å². The lowest BCUT2D eigenvalue weighted by molar-refractivity contribution is 0.785. The predicted octanol–water partition coefficient (Wildman–Crippen LogP) is 11.5. The first-order valence-corrected chi connectivity index (χ1v) is 15.9. The molecule has 0 aliphatic heterocycles. The molecule has 0 heteroatoms. The Kier molecular flexibility index (Phi) is 5.88. The number of allylic oxidation sites excluding steroid dienone is 1. The van der Waals surface area contributed by atoms with E-state index in [1.807, 2.05) is 0 Å². The van der Waals surface area contributed by atoms with Gasteiger partial charge in [0.25, 0.3) is 0 Å². The van der Waals surface area contributed by atoms with Crippen LogP contribution in [-0.2, 0) is 5.41 Å². The first kappa shape index (κ1) is 27.9. The minimum Gasteiger partial charge on any atom is -0.0645 e. The Balaban J connectivity index is 1.91. The number of hydrogen-bond acceptors (Lipinski definition) is 0. The van der Waals surface area contributed by atoms with Crippen molar-refractivity contribution in [2.45, 2.75) is 88.5 Å². The molecular formula is C43H44. The fourth-order valence-electron chi connectivity index (χ4n) is 8.88. The van der Waals surface area contributed by atoms with Gasteiger partial charge in [-0.15, -0.1) is 0 Å². The van der Waals surface area contributed by atoms with Crippen LogP contribution in [0.1, 0.15) is 89.0 Å². The van der Waals surface area contributed by atoms with Crippen molar-refractivity contribution in [1.29, 1.82) is 0 Å². The first-order valence-electron chi connectivity index (χ1n) is 15.9. The molecule has 0 aromatic heterocycles. The number of fused-ring (bicyclic) bond motifs is 11. The summed E-state index contributed by atoms with van der Waals surface area (Å²) < 4.78 is 0. The highest BCUT2D eigenvalue weighted by molar-refractivity contribution is 6.04. The second-order valence-electron chi connectivity index (χ2n) is 13.6. The lowest BCUT2D eigenvalue weighted by Gasteiger charge is -2.38. The van der Waals surface area contributed by atoms with Gasteiger partial charge in [-0.2, -0.15) is 0 Å². The molecule has 0 unspecified atom stereocenters. The van der Waals surface area contributed by atoms with Gasteiger partial charge in [-0.3, -0.25) is 0 Å². The second kappa shape index (κ2) is 9.06. The molecule has 2 aliphatic rings. The van der Waals surface area contributed by atoms with Crippen LogP contribution in [0.4, 0.5) is 0 Å². The molecule has 0 heterocycles. The van der Waals surface area contributed by atoms with Crippen LogP contribution in [0.2, 0.25) is 0 Å². The van der Waals surface area contributed by atoms with E-state index in [0.717, 1.165) is 0 Å². The zero-order valence-corrected chi connectivity index (χ0v) is 28.1. The van der Waals surface area contributed by atoms with Gasteiger partial charge in [0.15, 0.2) is 0 Å². The van der Waals surface area contributed by atoms with E-state index in [1.165, 1.54) is 122 Å². The SMILES string of the molecule is Cc1c(C)c(C)c2c(c1C)-c1c(C)c(C)c(C)c(C)c1C1(C=Cc3ccc4ccccc4c31)c1c(C)c(C)c(C)c(C)c1-2. The third kappa shape index (κ3) is 3.22. The summed E-state index contributed by atoms with van der Waals surface area (Å²) in [6.45, 7) is 28.4. The van der Waals surface area contributed by atoms with Gasteiger partial charge in [-0.1, -0.05) is 48.6 Å². The van der Waals surface area contributed by atoms with Crippen molar-refractivity contribution in [3.05, 3.63) is 131 Å². The first-order chi connectivity index (χ1) is 20.4. The Morgan fingerprint density at radius 2 is 0.791 bits per heavy atom. The summed E-state index contributed by atoms with van der Waals surface area (Å²) in [5.41, 5.74) is 28.2. The van der Waals surface area contributed by atoms with Gasteiger partial charge in [0.2, 0.25) is 0 Å². The van der Waals surface area contributed by atoms with E-state index in [0.29, 0.717) is 0 Å². The highest BCUT2D eigenvalue weighted by Crippen LogP contribution is 2.62. The zero-order chi connectivity index (χ0) is 30.9. The standard InChI is InChI=1S/C43H44/c1-21-22(2)28(8)37-36(27(21)7)38-29(9)23(3)25(5)31(11)40(38)43(41-32(12)26(6)24(4)30(10)39(37)41)20-19-34-18-17-33-15-13-14-16-35(33)42(34)43/h13-20H,1-12H3. The molecule has 43 heavy (non-hydrogen) atoms. The van der Waals surface area contributed by atoms with E-state index in [4.69, 9.17) is 0 Å². The third-order valence-corrected chi connectivity index (χ3v) is 12.2. The smallest absolute Gasteiger partial charge is 0.0645 e. The normalized spacial score (nSPS) is 14.1. The molecule has 0 atom stereocenters. The molecule has 0 amide bonds. The largest absolute Gasteiger partial charge is 0.0664 e. The van der Waals surface area contributed by atoms with Crippen molar-refractivity contribution < 1.29 is 0 Å². The fraction of sp³-hybridized carbons (Fsp3) is 0.302. The van der Waals surface area contributed by atoms with Gasteiger partial charge < -0.3 is 0 Å². The van der Waals surface area contributed by atoms with Crippen LogP contribution in [0.15, 0.2) is 42.5 Å². The maximum absolute atomic E-state index is 2.58. The summed E-state index contributed by atoms with van der Waals surface area (Å²) in [6.07, 6.45) is 5.01. The Bertz CT molecular complexity index is 2020. The molecule has 0 N–H and O–H groups in total. The second-order valence-corrected chi connectivity index (χ2v) is 13.6. The van der Waals surface area contributed by atoms with Crippen LogP contribution in [-0.4, -0.2) is 0 Å². The van der Waals surface area contributed by atoms with Gasteiger partial charge in [-0.25, -0.2) is 0 Å². The summed E-state index contributed by atoms with van der Waals surface area (Å²) in [7, 11) is 0. The third-order valence-electron chi connectivity index (χ3n) is 12.2. The van der Waals surface area contributed by atoms with Crippen LogP contribution >= 0.6 is 0 Å². The average Bonchev–Trinajstić information content (AvgIpc) is 3.34. The summed E-state index contributed by atoms with van der Waals surface area (Å²) in [5, 5.41) is 2.67. The molecule has 5 aromatic carbocycles. The van der Waals surface area contributed by atoms with Gasteiger partial charge in [0, 0.05) is 0 Å². The van der Waals surface area contributed by atoms with Crippen LogP contribution in [0.3, 0.4) is 0 Å². The van der Waals surface area contributed by atoms with Crippen molar-refractivity contribution >= 4 is 16.8 Å². The van der Waals surface area contributed by atoms with E-state index in [2.05, 4.69) is 132 Å². The van der Waals surface area contributed by atoms with Gasteiger partial charge >= 0.3 is 0 Å². The molecular weight excluding hydrogens is 516 g/mol. The summed E-state index contributed by atoms with van der Waals surface area (Å²) in [5.74, 6) is 0. The van der Waals surface area contributed by atoms with Crippen molar-refractivity contribution in [3.8, 4) is 22.3 Å². The van der Waals surface area contributed by atoms with E-state index in [1.54, 1.807) is 0 Å². The van der Waals surface area contributed by atoms with Crippen LogP contribution in [0.25, 0.3) is 39.1 Å². The lowest BCUT2D eigenvalue weighted by Crippen LogP contribution is -2.30. The summed E-state index contributed by atoms with van der Waals surface area (Å²) in [4.78, 5) is 0. The fourth-order valence-corrected chi connectivity index (χ4v) is 8.88. The van der Waals surface area contributed by atoms with Crippen LogP contribution in [0, 0.1) is 83.1 Å². The molecule has 7 rings (SSSR count). The topological polar surface area (TPSA) is 0 Å². The molecule has 0 nitrogen and oxygen atoms in total. The summed E-state index contributed by atoms with van der Waals surface area (Å²) >= 11 is 0. The van der Waals surface area contributed by atoms with Crippen LogP contribution < -0.4 is 0 Å². The Labute approximate surface area is 258 Å². The lowest BCUT2D eigenvalue weighted by atomic mass is 9.63. The average molecular weight is 561 g/mol. The molecule has 1 spiro atoms. The van der Waals surface area contributed by atoms with E-state index < -0.39 is 5.41 Å². The Morgan fingerprint density at radius 1 is 0.372 bits per heavy atom. The number of benzene rings is 5. The van der Waals surface area contributed by atoms with Crippen LogP contribution in [0.5, 0.6) is 0 Å². The molecule has 0 bridgehead atoms. The van der Waals surface area contributed by atoms with E-state index >= 15 is 0 Å². The monoisotopic (exact) mass is 560 g/mol. The van der Waals surface area contributed by atoms with Gasteiger partial charge in [-0.05, 0) is 205 Å². The quantitative estimate of drug-likeness (QED) is 0.177. The summed E-state index contributed by atoms with van der Waals surface area (Å²) in [6, 6.07) is 13.7. The molecule has 5 aromatic rings. The Hall–Kier alpha value is -3.90. The highest BCUT2D eigenvalue weighted by Gasteiger charge is 2.49. The van der Waals surface area contributed by atoms with Crippen molar-refractivity contribution in [2.24, 2.45) is 0 Å². The molecule has 2 aliphatic carbocycles. The van der Waals surface area contributed by atoms with Crippen molar-refractivity contribution in [2.75, 3.05) is 0 Å². The molecule has 0 saturated heterocycles. The molecule has 216 valence electrons. The Morgan fingerprint density at radius 3 is 1.28 bits per heavy atom.